The molecule has 0 amide bonds. The molecule has 6 heteroatoms. The van der Waals surface area contributed by atoms with E-state index in [1.165, 1.54) is 0 Å². The van der Waals surface area contributed by atoms with Gasteiger partial charge in [0.05, 0.1) is 0 Å². The number of nitrogens with one attached hydrogen (secondary N) is 2. The van der Waals surface area contributed by atoms with Crippen LogP contribution in [0, 0.1) is 0 Å². The average Bonchev–Trinajstić information content (AvgIpc) is 2.32. The van der Waals surface area contributed by atoms with E-state index in [9.17, 15) is 0 Å². The molecule has 0 aliphatic heterocycles. The van der Waals surface area contributed by atoms with Gasteiger partial charge in [0.1, 0.15) is 0 Å². The van der Waals surface area contributed by atoms with Gasteiger partial charge in [-0.2, -0.15) is 0 Å². The lowest BCUT2D eigenvalue weighted by molar-refractivity contribution is 1.08. The van der Waals surface area contributed by atoms with Gasteiger partial charge in [0.15, 0.2) is 0 Å². The maximum absolute atomic E-state index is 5.92. The maximum Gasteiger partial charge on any atom is 0.0441 e. The summed E-state index contributed by atoms with van der Waals surface area (Å²) < 4.78 is 0. The molecule has 0 radical (unpaired) electrons. The third-order valence-corrected chi connectivity index (χ3v) is 3.38. The van der Waals surface area contributed by atoms with E-state index in [4.69, 9.17) is 46.4 Å². The maximum atomic E-state index is 5.92. The molecular formula is C14H12Cl4N2. The largest absolute Gasteiger partial charge is 0.383 e. The molecule has 0 saturated carbocycles. The summed E-state index contributed by atoms with van der Waals surface area (Å²) in [5.41, 5.74) is 1.77. The van der Waals surface area contributed by atoms with Crippen molar-refractivity contribution in [3.05, 3.63) is 56.5 Å². The van der Waals surface area contributed by atoms with Crippen molar-refractivity contribution in [2.45, 2.75) is 0 Å². The van der Waals surface area contributed by atoms with Crippen molar-refractivity contribution >= 4 is 57.8 Å². The predicted molar refractivity (Wildman–Crippen MR) is 89.9 cm³/mol. The molecule has 2 N–H and O–H groups in total. The van der Waals surface area contributed by atoms with Crippen molar-refractivity contribution in [2.24, 2.45) is 0 Å². The smallest absolute Gasteiger partial charge is 0.0441 e. The zero-order chi connectivity index (χ0) is 14.5. The second kappa shape index (κ2) is 7.28. The Morgan fingerprint density at radius 3 is 1.15 bits per heavy atom. The lowest BCUT2D eigenvalue weighted by Gasteiger charge is -2.10. The third-order valence-electron chi connectivity index (χ3n) is 2.51. The molecule has 2 aromatic rings. The fourth-order valence-corrected chi connectivity index (χ4v) is 2.78. The van der Waals surface area contributed by atoms with Crippen LogP contribution in [0.25, 0.3) is 0 Å². The molecule has 0 heterocycles. The molecule has 0 fully saturated rings. The number of benzene rings is 2. The Balaban J connectivity index is 1.84. The fourth-order valence-electron chi connectivity index (χ4n) is 1.73. The van der Waals surface area contributed by atoms with Gasteiger partial charge in [0, 0.05) is 44.6 Å². The molecule has 2 aromatic carbocycles. The Kier molecular flexibility index (Phi) is 5.67. The van der Waals surface area contributed by atoms with Crippen LogP contribution in [0.5, 0.6) is 0 Å². The fraction of sp³-hybridized carbons (Fsp3) is 0.143. The highest BCUT2D eigenvalue weighted by molar-refractivity contribution is 6.35. The molecule has 0 atom stereocenters. The highest BCUT2D eigenvalue weighted by atomic mass is 35.5. The van der Waals surface area contributed by atoms with Gasteiger partial charge in [0.25, 0.3) is 0 Å². The first-order chi connectivity index (χ1) is 9.52. The average molecular weight is 350 g/mol. The quantitative estimate of drug-likeness (QED) is 0.664. The van der Waals surface area contributed by atoms with Crippen molar-refractivity contribution in [2.75, 3.05) is 23.7 Å². The Bertz CT molecular complexity index is 508. The molecule has 0 unspecified atom stereocenters. The van der Waals surface area contributed by atoms with Crippen LogP contribution >= 0.6 is 46.4 Å². The Morgan fingerprint density at radius 1 is 0.550 bits per heavy atom. The Morgan fingerprint density at radius 2 is 0.850 bits per heavy atom. The van der Waals surface area contributed by atoms with E-state index in [1.807, 2.05) is 24.3 Å². The van der Waals surface area contributed by atoms with Gasteiger partial charge in [-0.1, -0.05) is 46.4 Å². The molecule has 2 nitrogen and oxygen atoms in total. The van der Waals surface area contributed by atoms with Crippen LogP contribution in [0.1, 0.15) is 0 Å². The summed E-state index contributed by atoms with van der Waals surface area (Å²) in [6, 6.07) is 10.7. The minimum absolute atomic E-state index is 0.606. The molecular weight excluding hydrogens is 338 g/mol. The van der Waals surface area contributed by atoms with E-state index in [1.54, 1.807) is 12.1 Å². The molecule has 0 aliphatic rings. The third kappa shape index (κ3) is 4.95. The van der Waals surface area contributed by atoms with Gasteiger partial charge in [-0.15, -0.1) is 0 Å². The first kappa shape index (κ1) is 15.6. The number of hydrogen-bond acceptors (Lipinski definition) is 2. The summed E-state index contributed by atoms with van der Waals surface area (Å²) in [4.78, 5) is 0. The Hall–Kier alpha value is -0.800. The summed E-state index contributed by atoms with van der Waals surface area (Å²) in [5.74, 6) is 0. The zero-order valence-electron chi connectivity index (χ0n) is 10.4. The SMILES string of the molecule is Clc1cc(Cl)cc(NCCNc2cc(Cl)cc(Cl)c2)c1. The summed E-state index contributed by atoms with van der Waals surface area (Å²) in [6.07, 6.45) is 0. The number of anilines is 2. The molecule has 106 valence electrons. The second-order valence-corrected chi connectivity index (χ2v) is 5.92. The van der Waals surface area contributed by atoms with Crippen molar-refractivity contribution in [3.63, 3.8) is 0 Å². The van der Waals surface area contributed by atoms with E-state index < -0.39 is 0 Å². The van der Waals surface area contributed by atoms with E-state index in [-0.39, 0.29) is 0 Å². The summed E-state index contributed by atoms with van der Waals surface area (Å²) in [5, 5.41) is 8.88. The van der Waals surface area contributed by atoms with Crippen molar-refractivity contribution in [3.8, 4) is 0 Å². The van der Waals surface area contributed by atoms with Crippen molar-refractivity contribution < 1.29 is 0 Å². The van der Waals surface area contributed by atoms with Gasteiger partial charge in [-0.25, -0.2) is 0 Å². The molecule has 20 heavy (non-hydrogen) atoms. The molecule has 0 aliphatic carbocycles. The van der Waals surface area contributed by atoms with Gasteiger partial charge in [-0.3, -0.25) is 0 Å². The molecule has 0 bridgehead atoms. The first-order valence-corrected chi connectivity index (χ1v) is 7.44. The van der Waals surface area contributed by atoms with E-state index in [0.717, 1.165) is 11.4 Å². The summed E-state index contributed by atoms with van der Waals surface area (Å²) >= 11 is 23.7. The van der Waals surface area contributed by atoms with E-state index in [2.05, 4.69) is 10.6 Å². The van der Waals surface area contributed by atoms with Gasteiger partial charge < -0.3 is 10.6 Å². The lowest BCUT2D eigenvalue weighted by atomic mass is 10.3. The van der Waals surface area contributed by atoms with Crippen LogP contribution in [0.15, 0.2) is 36.4 Å². The van der Waals surface area contributed by atoms with Crippen molar-refractivity contribution in [1.82, 2.24) is 0 Å². The Labute approximate surface area is 138 Å². The number of halogens is 4. The van der Waals surface area contributed by atoms with Crippen LogP contribution in [0.4, 0.5) is 11.4 Å². The molecule has 2 rings (SSSR count). The topological polar surface area (TPSA) is 24.1 Å². The summed E-state index contributed by atoms with van der Waals surface area (Å²) in [6.45, 7) is 1.42. The van der Waals surface area contributed by atoms with E-state index >= 15 is 0 Å². The normalized spacial score (nSPS) is 10.4. The number of hydrogen-bond donors (Lipinski definition) is 2. The standard InChI is InChI=1S/C14H12Cl4N2/c15-9-3-10(16)6-13(5-9)19-1-2-20-14-7-11(17)4-12(18)8-14/h3-8,19-20H,1-2H2. The minimum Gasteiger partial charge on any atom is -0.383 e. The van der Waals surface area contributed by atoms with Crippen molar-refractivity contribution in [1.29, 1.82) is 0 Å². The van der Waals surface area contributed by atoms with Crippen LogP contribution in [-0.4, -0.2) is 13.1 Å². The highest BCUT2D eigenvalue weighted by Gasteiger charge is 1.99. The zero-order valence-corrected chi connectivity index (χ0v) is 13.4. The van der Waals surface area contributed by atoms with Crippen LogP contribution < -0.4 is 10.6 Å². The van der Waals surface area contributed by atoms with Crippen LogP contribution in [0.3, 0.4) is 0 Å². The first-order valence-electron chi connectivity index (χ1n) is 5.93. The van der Waals surface area contributed by atoms with E-state index in [0.29, 0.717) is 33.2 Å². The van der Waals surface area contributed by atoms with Gasteiger partial charge in [0.2, 0.25) is 0 Å². The molecule has 0 saturated heterocycles. The van der Waals surface area contributed by atoms with Crippen LogP contribution in [-0.2, 0) is 0 Å². The predicted octanol–water partition coefficient (Wildman–Crippen LogP) is 5.82. The highest BCUT2D eigenvalue weighted by Crippen LogP contribution is 2.23. The minimum atomic E-state index is 0.606. The van der Waals surface area contributed by atoms with Gasteiger partial charge >= 0.3 is 0 Å². The monoisotopic (exact) mass is 348 g/mol. The van der Waals surface area contributed by atoms with Gasteiger partial charge in [-0.05, 0) is 36.4 Å². The lowest BCUT2D eigenvalue weighted by Crippen LogP contribution is -2.13. The number of rotatable bonds is 5. The summed E-state index contributed by atoms with van der Waals surface area (Å²) in [7, 11) is 0. The molecule has 0 spiro atoms. The molecule has 0 aromatic heterocycles. The second-order valence-electron chi connectivity index (χ2n) is 4.17. The van der Waals surface area contributed by atoms with Crippen LogP contribution in [0.2, 0.25) is 20.1 Å².